The van der Waals surface area contributed by atoms with Crippen molar-refractivity contribution in [3.63, 3.8) is 0 Å². The van der Waals surface area contributed by atoms with E-state index < -0.39 is 17.4 Å². The SMILES string of the molecule is COC[C@H](C)Nc1nc(Oc2cccc3[nH]c(=O)c(N)nc23)cc(-c2ccc(C(F)(F)F)nc2N)n1. The molecule has 0 bridgehead atoms. The number of anilines is 3. The quantitative estimate of drug-likeness (QED) is 0.295. The molecule has 36 heavy (non-hydrogen) atoms. The number of alkyl halides is 3. The van der Waals surface area contributed by atoms with Crippen LogP contribution in [0.15, 0.2) is 41.2 Å². The lowest BCUT2D eigenvalue weighted by Crippen LogP contribution is -2.22. The van der Waals surface area contributed by atoms with Crippen molar-refractivity contribution in [3.05, 3.63) is 52.4 Å². The van der Waals surface area contributed by atoms with Crippen molar-refractivity contribution >= 4 is 28.6 Å². The maximum absolute atomic E-state index is 13.0. The first-order valence-corrected chi connectivity index (χ1v) is 10.5. The van der Waals surface area contributed by atoms with Gasteiger partial charge in [-0.2, -0.15) is 18.2 Å². The average Bonchev–Trinajstić information content (AvgIpc) is 2.79. The van der Waals surface area contributed by atoms with Crippen molar-refractivity contribution in [1.29, 1.82) is 0 Å². The van der Waals surface area contributed by atoms with Gasteiger partial charge in [0.15, 0.2) is 11.6 Å². The number of fused-ring (bicyclic) bond motifs is 1. The molecule has 188 valence electrons. The third-order valence-corrected chi connectivity index (χ3v) is 4.91. The minimum Gasteiger partial charge on any atom is -0.436 e. The molecule has 3 heterocycles. The van der Waals surface area contributed by atoms with Gasteiger partial charge in [-0.1, -0.05) is 6.07 Å². The molecule has 6 N–H and O–H groups in total. The number of nitrogens with two attached hydrogens (primary N) is 2. The van der Waals surface area contributed by atoms with Crippen LogP contribution in [0.2, 0.25) is 0 Å². The molecule has 14 heteroatoms. The van der Waals surface area contributed by atoms with E-state index >= 15 is 0 Å². The van der Waals surface area contributed by atoms with E-state index in [1.54, 1.807) is 18.2 Å². The van der Waals surface area contributed by atoms with Gasteiger partial charge in [0.25, 0.3) is 5.56 Å². The third kappa shape index (κ3) is 5.27. The Hall–Kier alpha value is -4.46. The Morgan fingerprint density at radius 2 is 1.86 bits per heavy atom. The standard InChI is InChI=1S/C22H21F3N8O3/c1-10(9-35-2)28-21-30-13(11-6-7-15(22(23,24)25)31-18(11)26)8-16(32-21)36-14-5-3-4-12-17(14)33-19(27)20(34)29-12/h3-8,10H,9H2,1-2H3,(H2,26,31)(H2,27,33)(H,29,34)(H,28,30,32)/t10-/m0/s1. The first-order valence-electron chi connectivity index (χ1n) is 10.5. The van der Waals surface area contributed by atoms with Crippen molar-refractivity contribution in [2.24, 2.45) is 0 Å². The lowest BCUT2D eigenvalue weighted by molar-refractivity contribution is -0.141. The topological polar surface area (TPSA) is 167 Å². The van der Waals surface area contributed by atoms with E-state index in [0.29, 0.717) is 12.1 Å². The number of nitrogens with zero attached hydrogens (tertiary/aromatic N) is 4. The summed E-state index contributed by atoms with van der Waals surface area (Å²) in [5.74, 6) is -0.281. The van der Waals surface area contributed by atoms with E-state index in [1.165, 1.54) is 19.2 Å². The van der Waals surface area contributed by atoms with Gasteiger partial charge in [-0.3, -0.25) is 4.79 Å². The summed E-state index contributed by atoms with van der Waals surface area (Å²) in [4.78, 5) is 30.7. The zero-order chi connectivity index (χ0) is 26.0. The second-order valence-corrected chi connectivity index (χ2v) is 7.75. The largest absolute Gasteiger partial charge is 0.436 e. The summed E-state index contributed by atoms with van der Waals surface area (Å²) in [6.45, 7) is 2.15. The second kappa shape index (κ2) is 9.65. The normalized spacial score (nSPS) is 12.5. The van der Waals surface area contributed by atoms with Gasteiger partial charge >= 0.3 is 6.18 Å². The van der Waals surface area contributed by atoms with Crippen LogP contribution >= 0.6 is 0 Å². The van der Waals surface area contributed by atoms with Gasteiger partial charge in [-0.15, -0.1) is 0 Å². The summed E-state index contributed by atoms with van der Waals surface area (Å²) in [6.07, 6.45) is -4.65. The highest BCUT2D eigenvalue weighted by molar-refractivity contribution is 5.82. The molecule has 0 saturated carbocycles. The summed E-state index contributed by atoms with van der Waals surface area (Å²) in [7, 11) is 1.53. The Labute approximate surface area is 201 Å². The monoisotopic (exact) mass is 502 g/mol. The van der Waals surface area contributed by atoms with Crippen LogP contribution in [0.4, 0.5) is 30.8 Å². The van der Waals surface area contributed by atoms with E-state index in [1.807, 2.05) is 6.92 Å². The molecule has 0 unspecified atom stereocenters. The molecule has 0 saturated heterocycles. The van der Waals surface area contributed by atoms with Gasteiger partial charge in [0.1, 0.15) is 17.0 Å². The molecule has 0 aliphatic rings. The minimum absolute atomic E-state index is 0.0190. The predicted molar refractivity (Wildman–Crippen MR) is 126 cm³/mol. The number of ether oxygens (including phenoxy) is 2. The van der Waals surface area contributed by atoms with Crippen molar-refractivity contribution in [2.75, 3.05) is 30.5 Å². The zero-order valence-corrected chi connectivity index (χ0v) is 19.1. The van der Waals surface area contributed by atoms with E-state index in [9.17, 15) is 18.0 Å². The Morgan fingerprint density at radius 3 is 2.56 bits per heavy atom. The highest BCUT2D eigenvalue weighted by Gasteiger charge is 2.33. The maximum atomic E-state index is 13.0. The van der Waals surface area contributed by atoms with Gasteiger partial charge in [-0.05, 0) is 31.2 Å². The number of H-pyrrole nitrogens is 1. The summed E-state index contributed by atoms with van der Waals surface area (Å²) < 4.78 is 50.2. The Kier molecular flexibility index (Phi) is 6.61. The molecule has 4 aromatic rings. The minimum atomic E-state index is -4.65. The Balaban J connectivity index is 1.80. The molecule has 1 atom stereocenters. The summed E-state index contributed by atoms with van der Waals surface area (Å²) in [6, 6.07) is 7.99. The van der Waals surface area contributed by atoms with Crippen molar-refractivity contribution < 1.29 is 22.6 Å². The average molecular weight is 502 g/mol. The zero-order valence-electron chi connectivity index (χ0n) is 19.1. The molecule has 0 radical (unpaired) electrons. The molecule has 0 aliphatic carbocycles. The van der Waals surface area contributed by atoms with Gasteiger partial charge in [0, 0.05) is 24.8 Å². The first-order chi connectivity index (χ1) is 17.0. The lowest BCUT2D eigenvalue weighted by Gasteiger charge is -2.16. The van der Waals surface area contributed by atoms with E-state index in [0.717, 1.165) is 6.07 Å². The Bertz CT molecular complexity index is 1480. The van der Waals surface area contributed by atoms with Crippen LogP contribution in [0.1, 0.15) is 12.6 Å². The third-order valence-electron chi connectivity index (χ3n) is 4.91. The molecule has 4 rings (SSSR count). The number of pyridine rings is 1. The van der Waals surface area contributed by atoms with Crippen LogP contribution in [-0.2, 0) is 10.9 Å². The van der Waals surface area contributed by atoms with Gasteiger partial charge in [-0.25, -0.2) is 15.0 Å². The molecule has 11 nitrogen and oxygen atoms in total. The fourth-order valence-corrected chi connectivity index (χ4v) is 3.33. The number of nitrogens with one attached hydrogen (secondary N) is 2. The summed E-state index contributed by atoms with van der Waals surface area (Å²) >= 11 is 0. The molecule has 0 amide bonds. The summed E-state index contributed by atoms with van der Waals surface area (Å²) in [5, 5.41) is 3.04. The first kappa shape index (κ1) is 24.7. The van der Waals surface area contributed by atoms with E-state index in [2.05, 4.69) is 30.2 Å². The summed E-state index contributed by atoms with van der Waals surface area (Å²) in [5.41, 5.74) is 10.8. The van der Waals surface area contributed by atoms with Crippen molar-refractivity contribution in [1.82, 2.24) is 24.9 Å². The Morgan fingerprint density at radius 1 is 1.08 bits per heavy atom. The molecule has 0 spiro atoms. The highest BCUT2D eigenvalue weighted by atomic mass is 19.4. The van der Waals surface area contributed by atoms with Crippen LogP contribution in [0.25, 0.3) is 22.3 Å². The van der Waals surface area contributed by atoms with Crippen LogP contribution < -0.4 is 27.1 Å². The molecule has 3 aromatic heterocycles. The van der Waals surface area contributed by atoms with Crippen molar-refractivity contribution in [2.45, 2.75) is 19.1 Å². The van der Waals surface area contributed by atoms with Crippen LogP contribution in [0, 0.1) is 0 Å². The van der Waals surface area contributed by atoms with Crippen LogP contribution in [-0.4, -0.2) is 44.7 Å². The number of hydrogen-bond acceptors (Lipinski definition) is 10. The number of aromatic amines is 1. The molecular weight excluding hydrogens is 481 g/mol. The fourth-order valence-electron chi connectivity index (χ4n) is 3.33. The number of aromatic nitrogens is 5. The van der Waals surface area contributed by atoms with Gasteiger partial charge in [0.05, 0.1) is 17.8 Å². The molecular formula is C22H21F3N8O3. The van der Waals surface area contributed by atoms with Crippen LogP contribution in [0.5, 0.6) is 11.6 Å². The highest BCUT2D eigenvalue weighted by Crippen LogP contribution is 2.34. The maximum Gasteiger partial charge on any atom is 0.433 e. The molecule has 0 aliphatic heterocycles. The second-order valence-electron chi connectivity index (χ2n) is 7.75. The van der Waals surface area contributed by atoms with Crippen LogP contribution in [0.3, 0.4) is 0 Å². The predicted octanol–water partition coefficient (Wildman–Crippen LogP) is 3.20. The number of rotatable bonds is 7. The number of halogens is 3. The number of nitrogen functional groups attached to an aromatic ring is 2. The lowest BCUT2D eigenvalue weighted by atomic mass is 10.1. The van der Waals surface area contributed by atoms with Gasteiger partial charge in [0.2, 0.25) is 11.8 Å². The number of hydrogen-bond donors (Lipinski definition) is 4. The van der Waals surface area contributed by atoms with E-state index in [-0.39, 0.29) is 52.0 Å². The van der Waals surface area contributed by atoms with Crippen molar-refractivity contribution in [3.8, 4) is 22.9 Å². The molecule has 1 aromatic carbocycles. The number of para-hydroxylation sites is 1. The van der Waals surface area contributed by atoms with E-state index in [4.69, 9.17) is 20.9 Å². The number of benzene rings is 1. The smallest absolute Gasteiger partial charge is 0.433 e. The fraction of sp³-hybridized carbons (Fsp3) is 0.227. The van der Waals surface area contributed by atoms with Gasteiger partial charge < -0.3 is 31.2 Å². The molecule has 0 fully saturated rings. The number of methoxy groups -OCH3 is 1.